The second kappa shape index (κ2) is 14.9. The maximum Gasteiger partial charge on any atom is 0.416 e. The molecule has 4 rings (SSSR count). The minimum absolute atomic E-state index is 0.0644. The van der Waals surface area contributed by atoms with Gasteiger partial charge in [-0.1, -0.05) is 55.0 Å². The third-order valence-electron chi connectivity index (χ3n) is 7.47. The van der Waals surface area contributed by atoms with E-state index in [1.165, 1.54) is 12.1 Å². The van der Waals surface area contributed by atoms with Crippen molar-refractivity contribution >= 4 is 28.9 Å². The molecule has 0 fully saturated rings. The van der Waals surface area contributed by atoms with Gasteiger partial charge in [0.05, 0.1) is 29.9 Å². The van der Waals surface area contributed by atoms with E-state index < -0.39 is 17.8 Å². The van der Waals surface area contributed by atoms with Gasteiger partial charge >= 0.3 is 6.18 Å². The normalized spacial score (nSPS) is 11.8. The second-order valence-corrected chi connectivity index (χ2v) is 11.3. The standard InChI is InChI=1S/C34H35F3N6OS/c1-4-28(40-32(44)16-29-18-39-22-43(29)19-26-12-10-25(17-38)11-13-26)21-42(20-27-7-5-6-8-30(27)34(35,36)37)33(45)41-31-14-9-23(2)15-24(31)3/h5-15,18,22,28H,4,16,19-21H2,1-3H3,(H,40,44)(H,41,45)/t28-/m0/s1. The summed E-state index contributed by atoms with van der Waals surface area (Å²) in [7, 11) is 0. The highest BCUT2D eigenvalue weighted by molar-refractivity contribution is 7.80. The highest BCUT2D eigenvalue weighted by atomic mass is 32.1. The van der Waals surface area contributed by atoms with Crippen molar-refractivity contribution in [2.75, 3.05) is 11.9 Å². The number of carbonyl (C=O) groups excluding carboxylic acids is 1. The van der Waals surface area contributed by atoms with Crippen LogP contribution in [-0.4, -0.2) is 38.1 Å². The first-order valence-corrected chi connectivity index (χ1v) is 14.9. The van der Waals surface area contributed by atoms with Crippen LogP contribution in [0.3, 0.4) is 0 Å². The number of halogens is 3. The lowest BCUT2D eigenvalue weighted by Gasteiger charge is -2.31. The molecule has 1 atom stereocenters. The molecule has 2 N–H and O–H groups in total. The SMILES string of the molecule is CC[C@@H](CN(Cc1ccccc1C(F)(F)F)C(=S)Nc1ccc(C)cc1C)NC(=O)Cc1cncn1Cc1ccc(C#N)cc1. The number of nitrogens with one attached hydrogen (secondary N) is 2. The number of aryl methyl sites for hydroxylation is 2. The first-order valence-electron chi connectivity index (χ1n) is 14.5. The maximum atomic E-state index is 13.9. The number of aromatic nitrogens is 2. The van der Waals surface area contributed by atoms with Crippen molar-refractivity contribution in [1.82, 2.24) is 19.8 Å². The fourth-order valence-corrected chi connectivity index (χ4v) is 5.26. The van der Waals surface area contributed by atoms with Gasteiger partial charge in [-0.2, -0.15) is 18.4 Å². The molecule has 0 radical (unpaired) electrons. The van der Waals surface area contributed by atoms with E-state index in [4.69, 9.17) is 17.5 Å². The number of hydrogen-bond acceptors (Lipinski definition) is 4. The van der Waals surface area contributed by atoms with Crippen molar-refractivity contribution in [2.24, 2.45) is 0 Å². The van der Waals surface area contributed by atoms with Crippen LogP contribution < -0.4 is 10.6 Å². The van der Waals surface area contributed by atoms with Crippen LogP contribution in [0.2, 0.25) is 0 Å². The number of anilines is 1. The predicted molar refractivity (Wildman–Crippen MR) is 172 cm³/mol. The van der Waals surface area contributed by atoms with Crippen molar-refractivity contribution in [2.45, 2.75) is 58.9 Å². The Morgan fingerprint density at radius 1 is 1.11 bits per heavy atom. The average Bonchev–Trinajstić information content (AvgIpc) is 3.43. The Labute approximate surface area is 266 Å². The summed E-state index contributed by atoms with van der Waals surface area (Å²) in [6.07, 6.45) is -0.651. The largest absolute Gasteiger partial charge is 0.416 e. The van der Waals surface area contributed by atoms with E-state index in [9.17, 15) is 18.0 Å². The van der Waals surface area contributed by atoms with Crippen LogP contribution in [-0.2, 0) is 30.5 Å². The summed E-state index contributed by atoms with van der Waals surface area (Å²) in [6.45, 7) is 6.39. The first-order chi connectivity index (χ1) is 21.5. The zero-order chi connectivity index (χ0) is 32.6. The second-order valence-electron chi connectivity index (χ2n) is 11.0. The molecule has 0 saturated carbocycles. The number of amides is 1. The molecule has 1 aromatic heterocycles. The number of benzene rings is 3. The maximum absolute atomic E-state index is 13.9. The van der Waals surface area contributed by atoms with Gasteiger partial charge in [0.1, 0.15) is 0 Å². The lowest BCUT2D eigenvalue weighted by atomic mass is 10.1. The third-order valence-corrected chi connectivity index (χ3v) is 7.83. The van der Waals surface area contributed by atoms with E-state index in [2.05, 4.69) is 21.7 Å². The van der Waals surface area contributed by atoms with E-state index in [1.54, 1.807) is 35.6 Å². The van der Waals surface area contributed by atoms with E-state index in [0.29, 0.717) is 24.2 Å². The number of nitrogens with zero attached hydrogens (tertiary/aromatic N) is 4. The van der Waals surface area contributed by atoms with Crippen LogP contribution in [0, 0.1) is 25.2 Å². The molecule has 0 unspecified atom stereocenters. The zero-order valence-electron chi connectivity index (χ0n) is 25.4. The van der Waals surface area contributed by atoms with Gasteiger partial charge in [0.15, 0.2) is 5.11 Å². The minimum atomic E-state index is -4.52. The van der Waals surface area contributed by atoms with Crippen LogP contribution >= 0.6 is 12.2 Å². The van der Waals surface area contributed by atoms with Crippen LogP contribution in [0.15, 0.2) is 79.3 Å². The van der Waals surface area contributed by atoms with E-state index >= 15 is 0 Å². The third kappa shape index (κ3) is 9.16. The van der Waals surface area contributed by atoms with E-state index in [-0.39, 0.29) is 36.1 Å². The summed E-state index contributed by atoms with van der Waals surface area (Å²) in [5, 5.41) is 15.5. The molecule has 0 aliphatic rings. The van der Waals surface area contributed by atoms with Crippen molar-refractivity contribution in [3.05, 3.63) is 118 Å². The molecular weight excluding hydrogens is 597 g/mol. The number of thiocarbonyl (C=S) groups is 1. The number of alkyl halides is 3. The molecule has 1 heterocycles. The van der Waals surface area contributed by atoms with Crippen LogP contribution in [0.1, 0.15) is 52.4 Å². The Hall–Kier alpha value is -4.69. The molecule has 7 nitrogen and oxygen atoms in total. The fourth-order valence-electron chi connectivity index (χ4n) is 5.01. The predicted octanol–water partition coefficient (Wildman–Crippen LogP) is 6.78. The Morgan fingerprint density at radius 2 is 1.84 bits per heavy atom. The summed E-state index contributed by atoms with van der Waals surface area (Å²) in [6, 6.07) is 20.2. The molecule has 11 heteroatoms. The zero-order valence-corrected chi connectivity index (χ0v) is 26.2. The molecular formula is C34H35F3N6OS. The number of rotatable bonds is 11. The van der Waals surface area contributed by atoms with Gasteiger partial charge in [0, 0.05) is 43.3 Å². The monoisotopic (exact) mass is 632 g/mol. The smallest absolute Gasteiger partial charge is 0.351 e. The number of hydrogen-bond donors (Lipinski definition) is 2. The molecule has 4 aromatic rings. The number of nitriles is 1. The summed E-state index contributed by atoms with van der Waals surface area (Å²) < 4.78 is 43.5. The summed E-state index contributed by atoms with van der Waals surface area (Å²) >= 11 is 5.75. The lowest BCUT2D eigenvalue weighted by molar-refractivity contribution is -0.138. The summed E-state index contributed by atoms with van der Waals surface area (Å²) in [5.41, 5.74) is 4.37. The van der Waals surface area contributed by atoms with Gasteiger partial charge in [-0.25, -0.2) is 4.98 Å². The van der Waals surface area contributed by atoms with Gasteiger partial charge in [0.2, 0.25) is 5.91 Å². The Kier molecular flexibility index (Phi) is 11.0. The average molecular weight is 633 g/mol. The molecule has 3 aromatic carbocycles. The van der Waals surface area contributed by atoms with Crippen LogP contribution in [0.25, 0.3) is 0 Å². The van der Waals surface area contributed by atoms with Crippen molar-refractivity contribution in [3.63, 3.8) is 0 Å². The molecule has 0 aliphatic heterocycles. The van der Waals surface area contributed by atoms with Gasteiger partial charge in [-0.05, 0) is 73.4 Å². The number of carbonyl (C=O) groups is 1. The topological polar surface area (TPSA) is 86.0 Å². The van der Waals surface area contributed by atoms with Crippen LogP contribution in [0.4, 0.5) is 18.9 Å². The van der Waals surface area contributed by atoms with Crippen molar-refractivity contribution in [3.8, 4) is 6.07 Å². The molecule has 0 spiro atoms. The molecule has 1 amide bonds. The fraction of sp³-hybridized carbons (Fsp3) is 0.294. The molecule has 234 valence electrons. The highest BCUT2D eigenvalue weighted by Crippen LogP contribution is 2.32. The molecule has 45 heavy (non-hydrogen) atoms. The molecule has 0 bridgehead atoms. The Morgan fingerprint density at radius 3 is 2.51 bits per heavy atom. The van der Waals surface area contributed by atoms with Gasteiger partial charge in [-0.3, -0.25) is 4.79 Å². The van der Waals surface area contributed by atoms with Crippen LogP contribution in [0.5, 0.6) is 0 Å². The van der Waals surface area contributed by atoms with Crippen molar-refractivity contribution in [1.29, 1.82) is 5.26 Å². The Balaban J connectivity index is 1.50. The molecule has 0 saturated heterocycles. The quantitative estimate of drug-likeness (QED) is 0.178. The van der Waals surface area contributed by atoms with E-state index in [0.717, 1.165) is 28.4 Å². The molecule has 0 aliphatic carbocycles. The van der Waals surface area contributed by atoms with Gasteiger partial charge in [-0.15, -0.1) is 0 Å². The lowest BCUT2D eigenvalue weighted by Crippen LogP contribution is -2.47. The van der Waals surface area contributed by atoms with E-state index in [1.807, 2.05) is 55.7 Å². The highest BCUT2D eigenvalue weighted by Gasteiger charge is 2.33. The van der Waals surface area contributed by atoms with Crippen molar-refractivity contribution < 1.29 is 18.0 Å². The van der Waals surface area contributed by atoms with Gasteiger partial charge in [0.25, 0.3) is 0 Å². The minimum Gasteiger partial charge on any atom is -0.351 e. The first kappa shape index (κ1) is 33.2. The number of imidazole rings is 1. The van der Waals surface area contributed by atoms with Gasteiger partial charge < -0.3 is 20.1 Å². The Bertz CT molecular complexity index is 1680. The summed E-state index contributed by atoms with van der Waals surface area (Å²) in [4.78, 5) is 19.1. The summed E-state index contributed by atoms with van der Waals surface area (Å²) in [5.74, 6) is -0.243.